The van der Waals surface area contributed by atoms with Crippen molar-refractivity contribution in [2.45, 2.75) is 361 Å². The van der Waals surface area contributed by atoms with Gasteiger partial charge in [0, 0.05) is 19.3 Å². The van der Waals surface area contributed by atoms with Gasteiger partial charge in [0.15, 0.2) is 6.10 Å². The molecule has 0 aromatic carbocycles. The highest BCUT2D eigenvalue weighted by molar-refractivity contribution is 5.71. The van der Waals surface area contributed by atoms with Crippen LogP contribution in [0.15, 0.2) is 85.1 Å². The van der Waals surface area contributed by atoms with Gasteiger partial charge in [-0.05, 0) is 116 Å². The molecule has 0 heterocycles. The molecular weight excluding hydrogens is 997 g/mol. The molecule has 6 nitrogen and oxygen atoms in total. The third-order valence-corrected chi connectivity index (χ3v) is 15.4. The molecule has 0 radical (unpaired) electrons. The van der Waals surface area contributed by atoms with Crippen LogP contribution >= 0.6 is 0 Å². The fourth-order valence-corrected chi connectivity index (χ4v) is 10.1. The van der Waals surface area contributed by atoms with Crippen LogP contribution in [0.4, 0.5) is 0 Å². The normalized spacial score (nSPS) is 12.6. The van der Waals surface area contributed by atoms with Gasteiger partial charge in [0.1, 0.15) is 13.2 Å². The number of rotatable bonds is 64. The highest BCUT2D eigenvalue weighted by Crippen LogP contribution is 2.17. The topological polar surface area (TPSA) is 78.9 Å². The minimum atomic E-state index is -0.784. The van der Waals surface area contributed by atoms with Crippen molar-refractivity contribution in [3.63, 3.8) is 0 Å². The number of carbonyl (C=O) groups is 3. The summed E-state index contributed by atoms with van der Waals surface area (Å²) in [5.74, 6) is -0.874. The SMILES string of the molecule is CC/C=C\C/C=C\C/C=C\C/C=C\C/C=C\CCCCCCCCCCCCCC(=O)OCC(COC(=O)CCCCCCC/C=C\CCCCCCCC)OC(=O)CCCCCCCCCCC/C=C\CCCCCCCCCC. The number of hydrogen-bond acceptors (Lipinski definition) is 6. The number of esters is 3. The van der Waals surface area contributed by atoms with Gasteiger partial charge in [-0.25, -0.2) is 0 Å². The summed E-state index contributed by atoms with van der Waals surface area (Å²) < 4.78 is 17.0. The molecule has 6 heteroatoms. The molecule has 0 saturated carbocycles. The van der Waals surface area contributed by atoms with E-state index in [2.05, 4.69) is 106 Å². The number of allylic oxidation sites excluding steroid dienone is 14. The van der Waals surface area contributed by atoms with E-state index in [1.54, 1.807) is 0 Å². The van der Waals surface area contributed by atoms with E-state index in [0.717, 1.165) is 96.3 Å². The van der Waals surface area contributed by atoms with Gasteiger partial charge in [-0.1, -0.05) is 305 Å². The van der Waals surface area contributed by atoms with Crippen molar-refractivity contribution < 1.29 is 28.6 Å². The van der Waals surface area contributed by atoms with Crippen LogP contribution in [-0.2, 0) is 28.6 Å². The predicted molar refractivity (Wildman–Crippen MR) is 353 cm³/mol. The summed E-state index contributed by atoms with van der Waals surface area (Å²) in [7, 11) is 0. The minimum Gasteiger partial charge on any atom is -0.462 e. The molecule has 1 unspecified atom stereocenters. The van der Waals surface area contributed by atoms with E-state index < -0.39 is 6.10 Å². The Kier molecular flexibility index (Phi) is 66.2. The molecule has 468 valence electrons. The highest BCUT2D eigenvalue weighted by atomic mass is 16.6. The molecule has 1 atom stereocenters. The Morgan fingerprint density at radius 1 is 0.259 bits per heavy atom. The Hall–Kier alpha value is -3.41. The highest BCUT2D eigenvalue weighted by Gasteiger charge is 2.19. The molecular formula is C75H132O6. The first-order valence-corrected chi connectivity index (χ1v) is 35.1. The lowest BCUT2D eigenvalue weighted by Gasteiger charge is -2.18. The first-order chi connectivity index (χ1) is 40.0. The summed E-state index contributed by atoms with van der Waals surface area (Å²) in [5, 5.41) is 0. The van der Waals surface area contributed by atoms with Gasteiger partial charge in [0.2, 0.25) is 0 Å². The lowest BCUT2D eigenvalue weighted by molar-refractivity contribution is -0.167. The van der Waals surface area contributed by atoms with E-state index >= 15 is 0 Å². The van der Waals surface area contributed by atoms with E-state index in [4.69, 9.17) is 14.2 Å². The average molecular weight is 1130 g/mol. The smallest absolute Gasteiger partial charge is 0.306 e. The van der Waals surface area contributed by atoms with Crippen LogP contribution in [0.3, 0.4) is 0 Å². The Balaban J connectivity index is 4.32. The Morgan fingerprint density at radius 3 is 0.765 bits per heavy atom. The first kappa shape index (κ1) is 77.6. The van der Waals surface area contributed by atoms with Crippen molar-refractivity contribution in [2.75, 3.05) is 13.2 Å². The van der Waals surface area contributed by atoms with Crippen molar-refractivity contribution in [1.29, 1.82) is 0 Å². The predicted octanol–water partition coefficient (Wildman–Crippen LogP) is 24.2. The molecule has 0 rings (SSSR count). The Bertz CT molecular complexity index is 1530. The molecule has 0 aliphatic heterocycles. The van der Waals surface area contributed by atoms with Crippen LogP contribution in [0.2, 0.25) is 0 Å². The van der Waals surface area contributed by atoms with E-state index in [0.29, 0.717) is 19.3 Å². The van der Waals surface area contributed by atoms with E-state index in [9.17, 15) is 14.4 Å². The molecule has 0 bridgehead atoms. The van der Waals surface area contributed by atoms with Gasteiger partial charge in [0.25, 0.3) is 0 Å². The molecule has 0 aliphatic rings. The summed E-state index contributed by atoms with van der Waals surface area (Å²) in [6.07, 6.45) is 91.7. The minimum absolute atomic E-state index is 0.0791. The summed E-state index contributed by atoms with van der Waals surface area (Å²) in [5.41, 5.74) is 0. The monoisotopic (exact) mass is 1130 g/mol. The number of carbonyl (C=O) groups excluding carboxylic acids is 3. The third kappa shape index (κ3) is 67.3. The van der Waals surface area contributed by atoms with Crippen LogP contribution in [0.5, 0.6) is 0 Å². The van der Waals surface area contributed by atoms with Gasteiger partial charge >= 0.3 is 17.9 Å². The van der Waals surface area contributed by atoms with Crippen LogP contribution in [0.25, 0.3) is 0 Å². The van der Waals surface area contributed by atoms with Crippen LogP contribution in [0, 0.1) is 0 Å². The van der Waals surface area contributed by atoms with Crippen molar-refractivity contribution in [3.05, 3.63) is 85.1 Å². The fraction of sp³-hybridized carbons (Fsp3) is 0.773. The first-order valence-electron chi connectivity index (χ1n) is 35.1. The summed E-state index contributed by atoms with van der Waals surface area (Å²) in [6, 6.07) is 0. The quantitative estimate of drug-likeness (QED) is 0.0261. The zero-order valence-corrected chi connectivity index (χ0v) is 53.8. The van der Waals surface area contributed by atoms with Gasteiger partial charge < -0.3 is 14.2 Å². The molecule has 0 aromatic heterocycles. The molecule has 0 saturated heterocycles. The summed E-state index contributed by atoms with van der Waals surface area (Å²) >= 11 is 0. The van der Waals surface area contributed by atoms with Gasteiger partial charge in [-0.3, -0.25) is 14.4 Å². The Labute approximate surface area is 503 Å². The molecule has 0 aromatic rings. The number of unbranched alkanes of at least 4 members (excludes halogenated alkanes) is 39. The lowest BCUT2D eigenvalue weighted by atomic mass is 10.0. The molecule has 81 heavy (non-hydrogen) atoms. The number of ether oxygens (including phenoxy) is 3. The Morgan fingerprint density at radius 2 is 0.481 bits per heavy atom. The van der Waals surface area contributed by atoms with Gasteiger partial charge in [0.05, 0.1) is 0 Å². The van der Waals surface area contributed by atoms with E-state index in [1.807, 2.05) is 0 Å². The summed E-state index contributed by atoms with van der Waals surface area (Å²) in [6.45, 7) is 6.56. The molecule has 0 spiro atoms. The second-order valence-electron chi connectivity index (χ2n) is 23.4. The maximum absolute atomic E-state index is 13.0. The third-order valence-electron chi connectivity index (χ3n) is 15.4. The van der Waals surface area contributed by atoms with E-state index in [1.165, 1.54) is 218 Å². The number of hydrogen-bond donors (Lipinski definition) is 0. The molecule has 0 aliphatic carbocycles. The lowest BCUT2D eigenvalue weighted by Crippen LogP contribution is -2.30. The van der Waals surface area contributed by atoms with Gasteiger partial charge in [-0.15, -0.1) is 0 Å². The van der Waals surface area contributed by atoms with Crippen LogP contribution in [0.1, 0.15) is 355 Å². The summed E-state index contributed by atoms with van der Waals surface area (Å²) in [4.78, 5) is 38.5. The van der Waals surface area contributed by atoms with Crippen molar-refractivity contribution in [1.82, 2.24) is 0 Å². The molecule has 0 amide bonds. The average Bonchev–Trinajstić information content (AvgIpc) is 3.47. The van der Waals surface area contributed by atoms with Crippen LogP contribution in [-0.4, -0.2) is 37.2 Å². The van der Waals surface area contributed by atoms with Crippen molar-refractivity contribution >= 4 is 17.9 Å². The largest absolute Gasteiger partial charge is 0.462 e. The fourth-order valence-electron chi connectivity index (χ4n) is 10.1. The molecule has 0 fully saturated rings. The molecule has 0 N–H and O–H groups in total. The standard InChI is InChI=1S/C75H132O6/c1-4-7-10-13-16-19-22-25-28-30-32-34-35-36-37-38-39-41-42-44-47-50-53-56-59-62-65-68-74(77)80-71-72(70-79-73(76)67-64-61-58-55-52-49-46-27-24-21-18-15-12-9-6-3)81-75(78)69-66-63-60-57-54-51-48-45-43-40-33-31-29-26-23-20-17-14-11-8-5-2/h7,10,16,19,25,27-28,31-34,36-37,46,72H,4-6,8-9,11-15,17-18,20-24,26,29-30,35,38-45,47-71H2,1-3H3/b10-7-,19-16-,28-25-,33-31-,34-32-,37-36-,46-27-. The zero-order valence-electron chi connectivity index (χ0n) is 53.8. The van der Waals surface area contributed by atoms with Crippen molar-refractivity contribution in [3.8, 4) is 0 Å². The maximum Gasteiger partial charge on any atom is 0.306 e. The van der Waals surface area contributed by atoms with Crippen molar-refractivity contribution in [2.24, 2.45) is 0 Å². The van der Waals surface area contributed by atoms with E-state index in [-0.39, 0.29) is 31.1 Å². The maximum atomic E-state index is 13.0. The zero-order chi connectivity index (χ0) is 58.5. The van der Waals surface area contributed by atoms with Gasteiger partial charge in [-0.2, -0.15) is 0 Å². The second-order valence-corrected chi connectivity index (χ2v) is 23.4. The van der Waals surface area contributed by atoms with Crippen LogP contribution < -0.4 is 0 Å². The second kappa shape index (κ2) is 69.1.